The van der Waals surface area contributed by atoms with Crippen LogP contribution in [0.3, 0.4) is 0 Å². The van der Waals surface area contributed by atoms with Crippen LogP contribution in [0.5, 0.6) is 0 Å². The molecule has 3 nitrogen and oxygen atoms in total. The van der Waals surface area contributed by atoms with E-state index in [1.807, 2.05) is 54.6 Å². The van der Waals surface area contributed by atoms with Gasteiger partial charge in [0, 0.05) is 16.0 Å². The van der Waals surface area contributed by atoms with Gasteiger partial charge >= 0.3 is 0 Å². The topological polar surface area (TPSA) is 47.0 Å². The highest BCUT2D eigenvalue weighted by Gasteiger charge is 2.33. The summed E-state index contributed by atoms with van der Waals surface area (Å²) in [5.74, 6) is -0.447. The summed E-state index contributed by atoms with van der Waals surface area (Å²) in [6, 6.07) is 32.4. The normalized spacial score (nSPS) is 13.1. The number of rotatable bonds is 3. The molecular formula is C31H17NO2S2. The average Bonchev–Trinajstić information content (AvgIpc) is 3.56. The van der Waals surface area contributed by atoms with Crippen molar-refractivity contribution in [2.24, 2.45) is 0 Å². The molecule has 4 aromatic carbocycles. The fourth-order valence-electron chi connectivity index (χ4n) is 4.68. The number of ketones is 2. The number of nitrogens with zero attached hydrogens (tertiary/aromatic N) is 1. The molecule has 0 bridgehead atoms. The van der Waals surface area contributed by atoms with Crippen molar-refractivity contribution in [3.8, 4) is 21.6 Å². The van der Waals surface area contributed by atoms with Gasteiger partial charge in [-0.05, 0) is 51.7 Å². The van der Waals surface area contributed by atoms with E-state index in [1.165, 1.54) is 22.5 Å². The van der Waals surface area contributed by atoms with Gasteiger partial charge < -0.3 is 0 Å². The quantitative estimate of drug-likeness (QED) is 0.182. The van der Waals surface area contributed by atoms with E-state index in [1.54, 1.807) is 17.4 Å². The van der Waals surface area contributed by atoms with Crippen molar-refractivity contribution in [3.05, 3.63) is 119 Å². The molecule has 2 heterocycles. The SMILES string of the molecule is O=C1C(=Cc2nc3sc(-c4ccc(-c5ccccc5)cc4)cc3s2)C(=O)c2cc3ccccc3cc21. The van der Waals surface area contributed by atoms with Crippen LogP contribution in [0.25, 0.3) is 47.9 Å². The molecule has 0 atom stereocenters. The maximum absolute atomic E-state index is 13.1. The Labute approximate surface area is 215 Å². The van der Waals surface area contributed by atoms with Gasteiger partial charge in [0.15, 0.2) is 11.6 Å². The van der Waals surface area contributed by atoms with E-state index in [2.05, 4.69) is 42.5 Å². The lowest BCUT2D eigenvalue weighted by atomic mass is 10.0. The number of carbonyl (C=O) groups is 2. The lowest BCUT2D eigenvalue weighted by Gasteiger charge is -2.03. The van der Waals surface area contributed by atoms with Crippen LogP contribution in [0.4, 0.5) is 0 Å². The monoisotopic (exact) mass is 499 g/mol. The third kappa shape index (κ3) is 3.44. The van der Waals surface area contributed by atoms with E-state index >= 15 is 0 Å². The molecule has 1 aliphatic rings. The molecule has 0 aliphatic heterocycles. The first-order valence-corrected chi connectivity index (χ1v) is 13.2. The van der Waals surface area contributed by atoms with Gasteiger partial charge in [-0.2, -0.15) is 0 Å². The number of benzene rings is 4. The molecule has 0 spiro atoms. The number of hydrogen-bond acceptors (Lipinski definition) is 5. The molecule has 2 aromatic heterocycles. The molecule has 0 amide bonds. The second kappa shape index (κ2) is 8.19. The zero-order chi connectivity index (χ0) is 24.2. The third-order valence-corrected chi connectivity index (χ3v) is 8.67. The fraction of sp³-hybridized carbons (Fsp3) is 0. The van der Waals surface area contributed by atoms with Gasteiger partial charge in [0.1, 0.15) is 9.84 Å². The van der Waals surface area contributed by atoms with Crippen molar-refractivity contribution in [1.29, 1.82) is 0 Å². The van der Waals surface area contributed by atoms with Crippen molar-refractivity contribution >= 4 is 60.6 Å². The van der Waals surface area contributed by atoms with E-state index in [0.29, 0.717) is 16.1 Å². The van der Waals surface area contributed by atoms with Crippen LogP contribution >= 0.6 is 22.7 Å². The minimum atomic E-state index is -0.224. The van der Waals surface area contributed by atoms with Gasteiger partial charge in [-0.1, -0.05) is 78.9 Å². The van der Waals surface area contributed by atoms with E-state index < -0.39 is 0 Å². The van der Waals surface area contributed by atoms with E-state index in [9.17, 15) is 9.59 Å². The van der Waals surface area contributed by atoms with Crippen molar-refractivity contribution in [2.75, 3.05) is 0 Å². The second-order valence-electron chi connectivity index (χ2n) is 8.74. The summed E-state index contributed by atoms with van der Waals surface area (Å²) < 4.78 is 1.05. The van der Waals surface area contributed by atoms with Crippen LogP contribution in [0.2, 0.25) is 0 Å². The Balaban J connectivity index is 1.19. The molecule has 0 fully saturated rings. The molecule has 170 valence electrons. The van der Waals surface area contributed by atoms with E-state index in [-0.39, 0.29) is 17.1 Å². The molecule has 0 saturated carbocycles. The van der Waals surface area contributed by atoms with E-state index in [0.717, 1.165) is 30.7 Å². The first-order valence-electron chi connectivity index (χ1n) is 11.5. The Hall–Kier alpha value is -4.19. The van der Waals surface area contributed by atoms with Crippen molar-refractivity contribution in [2.45, 2.75) is 0 Å². The maximum Gasteiger partial charge on any atom is 0.197 e. The summed E-state index contributed by atoms with van der Waals surface area (Å²) in [5, 5.41) is 2.59. The summed E-state index contributed by atoms with van der Waals surface area (Å²) in [6.45, 7) is 0. The standard InChI is InChI=1S/C31H17NO2S2/c33-29-23-14-21-8-4-5-9-22(21)15-24(23)30(34)25(29)16-28-32-31-27(35-28)17-26(36-31)20-12-10-19(11-13-20)18-6-2-1-3-7-18/h1-17H. The largest absolute Gasteiger partial charge is 0.288 e. The van der Waals surface area contributed by atoms with Crippen molar-refractivity contribution in [1.82, 2.24) is 4.98 Å². The number of thiazole rings is 1. The highest BCUT2D eigenvalue weighted by Crippen LogP contribution is 2.38. The average molecular weight is 500 g/mol. The van der Waals surface area contributed by atoms with Crippen LogP contribution in [0, 0.1) is 0 Å². The Kier molecular flexibility index (Phi) is 4.81. The number of carbonyl (C=O) groups excluding carboxylic acids is 2. The fourth-order valence-corrected chi connectivity index (χ4v) is 6.85. The highest BCUT2D eigenvalue weighted by atomic mass is 32.1. The lowest BCUT2D eigenvalue weighted by molar-refractivity contribution is 0.0990. The molecule has 7 rings (SSSR count). The molecule has 0 N–H and O–H groups in total. The summed E-state index contributed by atoms with van der Waals surface area (Å²) >= 11 is 3.13. The van der Waals surface area contributed by atoms with Crippen LogP contribution in [-0.2, 0) is 0 Å². The second-order valence-corrected chi connectivity index (χ2v) is 10.8. The molecule has 0 unspecified atom stereocenters. The number of hydrogen-bond donors (Lipinski definition) is 0. The molecule has 0 radical (unpaired) electrons. The summed E-state index contributed by atoms with van der Waals surface area (Å²) in [4.78, 5) is 32.9. The molecule has 5 heteroatoms. The van der Waals surface area contributed by atoms with E-state index in [4.69, 9.17) is 4.98 Å². The number of thiophene rings is 1. The van der Waals surface area contributed by atoms with Crippen molar-refractivity contribution < 1.29 is 9.59 Å². The minimum Gasteiger partial charge on any atom is -0.288 e. The highest BCUT2D eigenvalue weighted by molar-refractivity contribution is 7.29. The third-order valence-electron chi connectivity index (χ3n) is 6.51. The minimum absolute atomic E-state index is 0.193. The number of allylic oxidation sites excluding steroid dienone is 1. The Bertz CT molecular complexity index is 1770. The molecule has 1 aliphatic carbocycles. The molecule has 0 saturated heterocycles. The summed E-state index contributed by atoms with van der Waals surface area (Å²) in [7, 11) is 0. The number of Topliss-reactive ketones (excluding diaryl/α,β-unsaturated/α-hetero) is 2. The zero-order valence-corrected chi connectivity index (χ0v) is 20.5. The van der Waals surface area contributed by atoms with Crippen LogP contribution in [0.1, 0.15) is 25.7 Å². The van der Waals surface area contributed by atoms with Crippen LogP contribution in [0.15, 0.2) is 103 Å². The van der Waals surface area contributed by atoms with Crippen molar-refractivity contribution in [3.63, 3.8) is 0 Å². The Morgan fingerprint density at radius 1 is 0.611 bits per heavy atom. The van der Waals surface area contributed by atoms with Crippen LogP contribution < -0.4 is 0 Å². The first kappa shape index (κ1) is 21.1. The Morgan fingerprint density at radius 2 is 1.19 bits per heavy atom. The maximum atomic E-state index is 13.1. The Morgan fingerprint density at radius 3 is 1.83 bits per heavy atom. The van der Waals surface area contributed by atoms with Gasteiger partial charge in [-0.15, -0.1) is 22.7 Å². The molecule has 36 heavy (non-hydrogen) atoms. The lowest BCUT2D eigenvalue weighted by Crippen LogP contribution is -1.99. The summed E-state index contributed by atoms with van der Waals surface area (Å²) in [6.07, 6.45) is 1.65. The first-order chi connectivity index (χ1) is 17.6. The van der Waals surface area contributed by atoms with Gasteiger partial charge in [0.2, 0.25) is 0 Å². The van der Waals surface area contributed by atoms with Crippen LogP contribution in [-0.4, -0.2) is 16.6 Å². The summed E-state index contributed by atoms with van der Waals surface area (Å²) in [5.41, 5.74) is 4.67. The smallest absolute Gasteiger partial charge is 0.197 e. The van der Waals surface area contributed by atoms with Gasteiger partial charge in [-0.25, -0.2) is 4.98 Å². The predicted octanol–water partition coefficient (Wildman–Crippen LogP) is 8.31. The number of fused-ring (bicyclic) bond motifs is 3. The van der Waals surface area contributed by atoms with Gasteiger partial charge in [-0.3, -0.25) is 9.59 Å². The van der Waals surface area contributed by atoms with Gasteiger partial charge in [0.05, 0.1) is 10.3 Å². The molecule has 6 aromatic rings. The number of aromatic nitrogens is 1. The zero-order valence-electron chi connectivity index (χ0n) is 18.9. The van der Waals surface area contributed by atoms with Gasteiger partial charge in [0.25, 0.3) is 0 Å². The molecular weight excluding hydrogens is 482 g/mol. The predicted molar refractivity (Wildman–Crippen MR) is 149 cm³/mol.